The third-order valence-electron chi connectivity index (χ3n) is 5.36. The second-order valence-electron chi connectivity index (χ2n) is 7.06. The van der Waals surface area contributed by atoms with Crippen molar-refractivity contribution in [1.29, 1.82) is 0 Å². The summed E-state index contributed by atoms with van der Waals surface area (Å²) < 4.78 is 5.33. The van der Waals surface area contributed by atoms with Gasteiger partial charge in [0.15, 0.2) is 0 Å². The molecule has 4 rings (SSSR count). The molecule has 1 aliphatic heterocycles. The van der Waals surface area contributed by atoms with E-state index in [1.165, 1.54) is 0 Å². The molecule has 1 N–H and O–H groups in total. The summed E-state index contributed by atoms with van der Waals surface area (Å²) in [5.74, 6) is 0.305. The summed E-state index contributed by atoms with van der Waals surface area (Å²) in [6, 6.07) is 17.5. The average molecular weight is 349 g/mol. The molecule has 1 saturated heterocycles. The van der Waals surface area contributed by atoms with Crippen molar-refractivity contribution < 1.29 is 14.3 Å². The van der Waals surface area contributed by atoms with Gasteiger partial charge in [0.2, 0.25) is 0 Å². The number of hydrogen-bond acceptors (Lipinski definition) is 3. The predicted molar refractivity (Wildman–Crippen MR) is 101 cm³/mol. The number of rotatable bonds is 4. The van der Waals surface area contributed by atoms with Gasteiger partial charge in [0.1, 0.15) is 5.58 Å². The van der Waals surface area contributed by atoms with E-state index in [9.17, 15) is 9.90 Å². The Morgan fingerprint density at radius 1 is 1.12 bits per heavy atom. The van der Waals surface area contributed by atoms with Crippen molar-refractivity contribution in [3.8, 4) is 0 Å². The van der Waals surface area contributed by atoms with Gasteiger partial charge < -0.3 is 14.4 Å². The Labute approximate surface area is 153 Å². The fourth-order valence-corrected chi connectivity index (χ4v) is 3.79. The minimum Gasteiger partial charge on any atom is -0.464 e. The van der Waals surface area contributed by atoms with Crippen molar-refractivity contribution in [2.45, 2.75) is 25.4 Å². The van der Waals surface area contributed by atoms with E-state index >= 15 is 0 Å². The standard InChI is InChI=1S/C22H23NO3/c24-20(14-16-4-2-1-3-5-16)17-8-11-23(12-9-17)22(25)19-6-7-21-18(15-19)10-13-26-21/h1-7,10,13,15,17,20,24H,8-9,11-12,14H2/t20-/m0/s1. The Morgan fingerprint density at radius 3 is 2.65 bits per heavy atom. The predicted octanol–water partition coefficient (Wildman–Crippen LogP) is 3.89. The first-order valence-electron chi connectivity index (χ1n) is 9.19. The molecule has 1 aliphatic rings. The minimum absolute atomic E-state index is 0.0594. The first-order chi connectivity index (χ1) is 12.7. The van der Waals surface area contributed by atoms with Crippen LogP contribution >= 0.6 is 0 Å². The normalized spacial score (nSPS) is 16.7. The summed E-state index contributed by atoms with van der Waals surface area (Å²) in [6.45, 7) is 1.39. The maximum Gasteiger partial charge on any atom is 0.253 e. The molecule has 0 radical (unpaired) electrons. The molecular weight excluding hydrogens is 326 g/mol. The number of fused-ring (bicyclic) bond motifs is 1. The highest BCUT2D eigenvalue weighted by molar-refractivity contribution is 5.97. The van der Waals surface area contributed by atoms with E-state index in [0.29, 0.717) is 25.1 Å². The lowest BCUT2D eigenvalue weighted by Gasteiger charge is -2.34. The number of benzene rings is 2. The smallest absolute Gasteiger partial charge is 0.253 e. The first kappa shape index (κ1) is 16.9. The van der Waals surface area contributed by atoms with Gasteiger partial charge in [-0.25, -0.2) is 0 Å². The summed E-state index contributed by atoms with van der Waals surface area (Å²) in [6.07, 6.45) is 3.65. The highest BCUT2D eigenvalue weighted by Gasteiger charge is 2.28. The van der Waals surface area contributed by atoms with Crippen LogP contribution in [0.5, 0.6) is 0 Å². The molecule has 2 aromatic carbocycles. The Balaban J connectivity index is 1.36. The molecule has 1 amide bonds. The number of carbonyl (C=O) groups excluding carboxylic acids is 1. The fourth-order valence-electron chi connectivity index (χ4n) is 3.79. The van der Waals surface area contributed by atoms with E-state index in [4.69, 9.17) is 4.42 Å². The zero-order valence-corrected chi connectivity index (χ0v) is 14.7. The Morgan fingerprint density at radius 2 is 1.88 bits per heavy atom. The monoisotopic (exact) mass is 349 g/mol. The van der Waals surface area contributed by atoms with Gasteiger partial charge in [0, 0.05) is 24.0 Å². The highest BCUT2D eigenvalue weighted by atomic mass is 16.3. The molecule has 0 aliphatic carbocycles. The lowest BCUT2D eigenvalue weighted by atomic mass is 9.87. The maximum absolute atomic E-state index is 12.8. The zero-order valence-electron chi connectivity index (χ0n) is 14.7. The molecule has 1 fully saturated rings. The lowest BCUT2D eigenvalue weighted by Crippen LogP contribution is -2.41. The Hall–Kier alpha value is -2.59. The van der Waals surface area contributed by atoms with Crippen LogP contribution in [-0.4, -0.2) is 35.1 Å². The summed E-state index contributed by atoms with van der Waals surface area (Å²) in [5.41, 5.74) is 2.65. The zero-order chi connectivity index (χ0) is 17.9. The number of amides is 1. The van der Waals surface area contributed by atoms with Gasteiger partial charge in [-0.05, 0) is 55.0 Å². The van der Waals surface area contributed by atoms with E-state index in [2.05, 4.69) is 0 Å². The van der Waals surface area contributed by atoms with Crippen LogP contribution in [0, 0.1) is 5.92 Å². The lowest BCUT2D eigenvalue weighted by molar-refractivity contribution is 0.0467. The molecule has 0 spiro atoms. The highest BCUT2D eigenvalue weighted by Crippen LogP contribution is 2.25. The first-order valence-corrected chi connectivity index (χ1v) is 9.19. The molecule has 2 heterocycles. The number of piperidine rings is 1. The van der Waals surface area contributed by atoms with E-state index in [1.54, 1.807) is 6.26 Å². The van der Waals surface area contributed by atoms with Crippen LogP contribution < -0.4 is 0 Å². The molecule has 134 valence electrons. The quantitative estimate of drug-likeness (QED) is 0.777. The molecule has 0 saturated carbocycles. The number of nitrogens with zero attached hydrogens (tertiary/aromatic N) is 1. The number of likely N-dealkylation sites (tertiary alicyclic amines) is 1. The van der Waals surface area contributed by atoms with Crippen LogP contribution in [0.2, 0.25) is 0 Å². The van der Waals surface area contributed by atoms with Crippen molar-refractivity contribution in [2.24, 2.45) is 5.92 Å². The van der Waals surface area contributed by atoms with E-state index in [-0.39, 0.29) is 17.9 Å². The third kappa shape index (κ3) is 3.51. The third-order valence-corrected chi connectivity index (χ3v) is 5.36. The number of aliphatic hydroxyl groups excluding tert-OH is 1. The molecule has 26 heavy (non-hydrogen) atoms. The number of carbonyl (C=O) groups is 1. The van der Waals surface area contributed by atoms with Crippen LogP contribution in [0.1, 0.15) is 28.8 Å². The molecule has 4 nitrogen and oxygen atoms in total. The van der Waals surface area contributed by atoms with Crippen LogP contribution in [0.3, 0.4) is 0 Å². The summed E-state index contributed by atoms with van der Waals surface area (Å²) in [5, 5.41) is 11.5. The van der Waals surface area contributed by atoms with Crippen LogP contribution in [-0.2, 0) is 6.42 Å². The summed E-state index contributed by atoms with van der Waals surface area (Å²) >= 11 is 0. The van der Waals surface area contributed by atoms with Gasteiger partial charge in [-0.1, -0.05) is 30.3 Å². The second kappa shape index (κ2) is 7.34. The van der Waals surface area contributed by atoms with Crippen LogP contribution in [0.4, 0.5) is 0 Å². The van der Waals surface area contributed by atoms with Crippen molar-refractivity contribution in [1.82, 2.24) is 4.90 Å². The average Bonchev–Trinajstić information content (AvgIpc) is 3.16. The van der Waals surface area contributed by atoms with E-state index in [0.717, 1.165) is 29.4 Å². The van der Waals surface area contributed by atoms with E-state index in [1.807, 2.05) is 59.5 Å². The molecule has 0 bridgehead atoms. The largest absolute Gasteiger partial charge is 0.464 e. The van der Waals surface area contributed by atoms with E-state index < -0.39 is 0 Å². The second-order valence-corrected chi connectivity index (χ2v) is 7.06. The van der Waals surface area contributed by atoms with Gasteiger partial charge in [0.05, 0.1) is 12.4 Å². The van der Waals surface area contributed by atoms with Crippen LogP contribution in [0.25, 0.3) is 11.0 Å². The fraction of sp³-hybridized carbons (Fsp3) is 0.318. The summed E-state index contributed by atoms with van der Waals surface area (Å²) in [7, 11) is 0. The number of furan rings is 1. The number of aliphatic hydroxyl groups is 1. The minimum atomic E-state index is -0.350. The molecule has 1 atom stereocenters. The van der Waals surface area contributed by atoms with Crippen molar-refractivity contribution in [3.63, 3.8) is 0 Å². The van der Waals surface area contributed by atoms with Gasteiger partial charge in [0.25, 0.3) is 5.91 Å². The molecule has 4 heteroatoms. The van der Waals surface area contributed by atoms with Crippen molar-refractivity contribution in [2.75, 3.05) is 13.1 Å². The van der Waals surface area contributed by atoms with Gasteiger partial charge >= 0.3 is 0 Å². The Kier molecular flexibility index (Phi) is 4.76. The molecule has 3 aromatic rings. The SMILES string of the molecule is O=C(c1ccc2occc2c1)N1CCC([C@@H](O)Cc2ccccc2)CC1. The molecular formula is C22H23NO3. The molecule has 1 aromatic heterocycles. The van der Waals surface area contributed by atoms with Crippen molar-refractivity contribution in [3.05, 3.63) is 72.0 Å². The molecule has 0 unspecified atom stereocenters. The van der Waals surface area contributed by atoms with Gasteiger partial charge in [-0.2, -0.15) is 0 Å². The summed E-state index contributed by atoms with van der Waals surface area (Å²) in [4.78, 5) is 14.7. The van der Waals surface area contributed by atoms with Crippen LogP contribution in [0.15, 0.2) is 65.3 Å². The van der Waals surface area contributed by atoms with Crippen molar-refractivity contribution >= 4 is 16.9 Å². The van der Waals surface area contributed by atoms with Gasteiger partial charge in [-0.3, -0.25) is 4.79 Å². The van der Waals surface area contributed by atoms with Gasteiger partial charge in [-0.15, -0.1) is 0 Å². The number of hydrogen-bond donors (Lipinski definition) is 1. The maximum atomic E-state index is 12.8. The Bertz CT molecular complexity index is 879. The topological polar surface area (TPSA) is 53.7 Å².